The van der Waals surface area contributed by atoms with Crippen LogP contribution in [0.4, 0.5) is 11.9 Å². The van der Waals surface area contributed by atoms with Crippen molar-refractivity contribution in [1.29, 1.82) is 0 Å². The van der Waals surface area contributed by atoms with Gasteiger partial charge in [0.25, 0.3) is 0 Å². The lowest BCUT2D eigenvalue weighted by molar-refractivity contribution is 0.379. The van der Waals surface area contributed by atoms with Crippen LogP contribution in [-0.4, -0.2) is 28.1 Å². The summed E-state index contributed by atoms with van der Waals surface area (Å²) in [6.07, 6.45) is 8.84. The Bertz CT molecular complexity index is 377. The molecule has 1 fully saturated rings. The monoisotopic (exact) mass is 251 g/mol. The Kier molecular flexibility index (Phi) is 4.55. The number of rotatable bonds is 3. The van der Waals surface area contributed by atoms with E-state index < -0.39 is 0 Å². The second kappa shape index (κ2) is 6.37. The first-order valence-electron chi connectivity index (χ1n) is 6.60. The summed E-state index contributed by atoms with van der Waals surface area (Å²) in [4.78, 5) is 12.1. The van der Waals surface area contributed by atoms with Crippen LogP contribution in [-0.2, 0) is 0 Å². The summed E-state index contributed by atoms with van der Waals surface area (Å²) in [5, 5.41) is 3.34. The topological polar surface area (TPSA) is 86.0 Å². The average Bonchev–Trinajstić information content (AvgIpc) is 2.31. The number of nitrogen functional groups attached to an aromatic ring is 1. The zero-order valence-electron chi connectivity index (χ0n) is 10.9. The Labute approximate surface area is 107 Å². The van der Waals surface area contributed by atoms with Gasteiger partial charge in [-0.1, -0.05) is 32.1 Å². The van der Waals surface area contributed by atoms with E-state index in [9.17, 15) is 0 Å². The second-order valence-corrected chi connectivity index (χ2v) is 4.69. The normalized spacial score (nSPS) is 17.8. The summed E-state index contributed by atoms with van der Waals surface area (Å²) in [7, 11) is 1.52. The van der Waals surface area contributed by atoms with Crippen LogP contribution in [0.3, 0.4) is 0 Å². The average molecular weight is 251 g/mol. The maximum absolute atomic E-state index is 5.61. The fourth-order valence-corrected chi connectivity index (χ4v) is 2.31. The summed E-state index contributed by atoms with van der Waals surface area (Å²) in [5.41, 5.74) is 5.61. The van der Waals surface area contributed by atoms with Gasteiger partial charge in [-0.05, 0) is 12.8 Å². The van der Waals surface area contributed by atoms with E-state index in [1.807, 2.05) is 0 Å². The van der Waals surface area contributed by atoms with Crippen LogP contribution in [0.1, 0.15) is 44.9 Å². The molecule has 1 aliphatic carbocycles. The molecule has 1 saturated carbocycles. The maximum atomic E-state index is 5.61. The van der Waals surface area contributed by atoms with Crippen LogP contribution < -0.4 is 15.8 Å². The summed E-state index contributed by atoms with van der Waals surface area (Å²) in [6.45, 7) is 0. The molecule has 0 saturated heterocycles. The van der Waals surface area contributed by atoms with Gasteiger partial charge >= 0.3 is 6.01 Å². The molecule has 1 aliphatic rings. The SMILES string of the molecule is COc1nc(N)nc(NC2CCCCCCC2)n1. The molecule has 0 bridgehead atoms. The van der Waals surface area contributed by atoms with Gasteiger partial charge in [0.05, 0.1) is 7.11 Å². The molecule has 0 atom stereocenters. The first-order chi connectivity index (χ1) is 8.78. The third kappa shape index (κ3) is 3.72. The van der Waals surface area contributed by atoms with Gasteiger partial charge in [-0.25, -0.2) is 0 Å². The first-order valence-corrected chi connectivity index (χ1v) is 6.60. The van der Waals surface area contributed by atoms with Gasteiger partial charge in [-0.3, -0.25) is 0 Å². The zero-order valence-corrected chi connectivity index (χ0v) is 10.9. The second-order valence-electron chi connectivity index (χ2n) is 4.69. The van der Waals surface area contributed by atoms with Crippen LogP contribution in [0.2, 0.25) is 0 Å². The molecule has 6 nitrogen and oxygen atoms in total. The molecule has 3 N–H and O–H groups in total. The van der Waals surface area contributed by atoms with Crippen molar-refractivity contribution in [2.24, 2.45) is 0 Å². The Morgan fingerprint density at radius 1 is 1.06 bits per heavy atom. The van der Waals surface area contributed by atoms with E-state index in [4.69, 9.17) is 10.5 Å². The number of ether oxygens (including phenoxy) is 1. The minimum absolute atomic E-state index is 0.190. The van der Waals surface area contributed by atoms with Crippen LogP contribution in [0.15, 0.2) is 0 Å². The molecule has 6 heteroatoms. The van der Waals surface area contributed by atoms with E-state index in [2.05, 4.69) is 20.3 Å². The zero-order chi connectivity index (χ0) is 12.8. The van der Waals surface area contributed by atoms with Gasteiger partial charge in [0.15, 0.2) is 0 Å². The molecule has 0 unspecified atom stereocenters. The molecular weight excluding hydrogens is 230 g/mol. The molecule has 0 aromatic carbocycles. The summed E-state index contributed by atoms with van der Waals surface area (Å²) >= 11 is 0. The highest BCUT2D eigenvalue weighted by Crippen LogP contribution is 2.20. The molecule has 2 rings (SSSR count). The largest absolute Gasteiger partial charge is 0.467 e. The molecule has 100 valence electrons. The molecular formula is C12H21N5O. The van der Waals surface area contributed by atoms with E-state index in [1.54, 1.807) is 0 Å². The maximum Gasteiger partial charge on any atom is 0.322 e. The lowest BCUT2D eigenvalue weighted by Gasteiger charge is -2.20. The highest BCUT2D eigenvalue weighted by Gasteiger charge is 2.13. The van der Waals surface area contributed by atoms with Gasteiger partial charge in [0.1, 0.15) is 0 Å². The van der Waals surface area contributed by atoms with E-state index in [0.717, 1.165) is 12.8 Å². The molecule has 0 amide bonds. The quantitative estimate of drug-likeness (QED) is 0.854. The Morgan fingerprint density at radius 3 is 2.39 bits per heavy atom. The lowest BCUT2D eigenvalue weighted by Crippen LogP contribution is -2.22. The van der Waals surface area contributed by atoms with Crippen LogP contribution >= 0.6 is 0 Å². The van der Waals surface area contributed by atoms with E-state index in [-0.39, 0.29) is 12.0 Å². The Hall–Kier alpha value is -1.59. The highest BCUT2D eigenvalue weighted by atomic mass is 16.5. The smallest absolute Gasteiger partial charge is 0.322 e. The van der Waals surface area contributed by atoms with Crippen LogP contribution in [0, 0.1) is 0 Å². The van der Waals surface area contributed by atoms with Crippen molar-refractivity contribution in [3.8, 4) is 6.01 Å². The van der Waals surface area contributed by atoms with Crippen LogP contribution in [0.5, 0.6) is 6.01 Å². The van der Waals surface area contributed by atoms with Crippen molar-refractivity contribution in [2.75, 3.05) is 18.2 Å². The lowest BCUT2D eigenvalue weighted by atomic mass is 9.97. The number of nitrogens with one attached hydrogen (secondary N) is 1. The van der Waals surface area contributed by atoms with E-state index >= 15 is 0 Å². The molecule has 18 heavy (non-hydrogen) atoms. The number of hydrogen-bond acceptors (Lipinski definition) is 6. The summed E-state index contributed by atoms with van der Waals surface area (Å²) in [5.74, 6) is 0.708. The van der Waals surface area contributed by atoms with Crippen molar-refractivity contribution in [2.45, 2.75) is 51.0 Å². The minimum Gasteiger partial charge on any atom is -0.467 e. The van der Waals surface area contributed by atoms with Gasteiger partial charge in [0.2, 0.25) is 11.9 Å². The molecule has 0 aliphatic heterocycles. The molecule has 1 aromatic rings. The summed E-state index contributed by atoms with van der Waals surface area (Å²) < 4.78 is 4.99. The van der Waals surface area contributed by atoms with Crippen molar-refractivity contribution >= 4 is 11.9 Å². The van der Waals surface area contributed by atoms with E-state index in [1.165, 1.54) is 39.2 Å². The third-order valence-corrected chi connectivity index (χ3v) is 3.25. The highest BCUT2D eigenvalue weighted by molar-refractivity contribution is 5.33. The van der Waals surface area contributed by atoms with Crippen molar-refractivity contribution in [3.05, 3.63) is 0 Å². The molecule has 1 aromatic heterocycles. The van der Waals surface area contributed by atoms with Crippen molar-refractivity contribution in [1.82, 2.24) is 15.0 Å². The summed E-state index contributed by atoms with van der Waals surface area (Å²) in [6, 6.07) is 0.688. The number of anilines is 2. The number of aromatic nitrogens is 3. The van der Waals surface area contributed by atoms with Gasteiger partial charge < -0.3 is 15.8 Å². The third-order valence-electron chi connectivity index (χ3n) is 3.25. The predicted octanol–water partition coefficient (Wildman–Crippen LogP) is 1.99. The Balaban J connectivity index is 2.00. The molecule has 0 spiro atoms. The van der Waals surface area contributed by atoms with Gasteiger partial charge in [-0.2, -0.15) is 15.0 Å². The van der Waals surface area contributed by atoms with Gasteiger partial charge in [0, 0.05) is 6.04 Å². The van der Waals surface area contributed by atoms with Crippen molar-refractivity contribution < 1.29 is 4.74 Å². The number of nitrogens with zero attached hydrogens (tertiary/aromatic N) is 3. The minimum atomic E-state index is 0.190. The Morgan fingerprint density at radius 2 is 1.72 bits per heavy atom. The predicted molar refractivity (Wildman–Crippen MR) is 70.5 cm³/mol. The van der Waals surface area contributed by atoms with E-state index in [0.29, 0.717) is 12.0 Å². The number of methoxy groups -OCH3 is 1. The number of hydrogen-bond donors (Lipinski definition) is 2. The van der Waals surface area contributed by atoms with Crippen molar-refractivity contribution in [3.63, 3.8) is 0 Å². The fourth-order valence-electron chi connectivity index (χ4n) is 2.31. The number of nitrogens with two attached hydrogens (primary N) is 1. The van der Waals surface area contributed by atoms with Crippen LogP contribution in [0.25, 0.3) is 0 Å². The molecule has 1 heterocycles. The fraction of sp³-hybridized carbons (Fsp3) is 0.750. The molecule has 0 radical (unpaired) electrons. The standard InChI is InChI=1S/C12H21N5O/c1-18-12-16-10(13)15-11(17-12)14-9-7-5-3-2-4-6-8-9/h9H,2-8H2,1H3,(H3,13,14,15,16,17). The van der Waals surface area contributed by atoms with Gasteiger partial charge in [-0.15, -0.1) is 0 Å². The first kappa shape index (κ1) is 12.9.